The van der Waals surface area contributed by atoms with E-state index < -0.39 is 0 Å². The summed E-state index contributed by atoms with van der Waals surface area (Å²) in [4.78, 5) is 0. The lowest BCUT2D eigenvalue weighted by molar-refractivity contribution is 0.324. The van der Waals surface area contributed by atoms with Crippen molar-refractivity contribution in [2.75, 3.05) is 49.8 Å². The van der Waals surface area contributed by atoms with Crippen LogP contribution in [0.25, 0.3) is 0 Å². The van der Waals surface area contributed by atoms with E-state index in [1.165, 1.54) is 0 Å². The molecule has 0 unspecified atom stereocenters. The molecule has 0 aliphatic carbocycles. The van der Waals surface area contributed by atoms with Crippen LogP contribution in [0.4, 0.5) is 0 Å². The normalized spacial score (nSPS) is 9.64. The topological polar surface area (TPSA) is 64.6 Å². The fraction of sp³-hybridized carbons (Fsp3) is 0.241. The third kappa shape index (κ3) is 5.71. The molecule has 0 saturated carbocycles. The average Bonchev–Trinajstić information content (AvgIpc) is 2.93. The second-order valence-corrected chi connectivity index (χ2v) is 7.24. The highest BCUT2D eigenvalue weighted by Crippen LogP contribution is 2.38. The van der Waals surface area contributed by atoms with E-state index in [1.54, 1.807) is 74.0 Å². The Bertz CT molecular complexity index is 1330. The summed E-state index contributed by atoms with van der Waals surface area (Å²) in [7, 11) is 11.0. The van der Waals surface area contributed by atoms with Gasteiger partial charge < -0.3 is 33.2 Å². The van der Waals surface area contributed by atoms with Gasteiger partial charge in [0.2, 0.25) is 5.75 Å². The number of rotatable bonds is 7. The first-order chi connectivity index (χ1) is 17.5. The predicted octanol–water partition coefficient (Wildman–Crippen LogP) is 4.55. The molecule has 0 aliphatic heterocycles. The van der Waals surface area contributed by atoms with Gasteiger partial charge in [-0.1, -0.05) is 23.7 Å². The Hall–Kier alpha value is -4.62. The standard InChI is InChI=1S/C29H28O7/c1-30-23-13-10-19(14-24(23)31-2)8-11-21-17-25(32-3)26(33-4)18-22(21)12-9-20-15-27(34-5)29(36-7)28(16-20)35-6/h10,13-18H,1-7H3. The van der Waals surface area contributed by atoms with Gasteiger partial charge in [0.1, 0.15) is 0 Å². The van der Waals surface area contributed by atoms with Gasteiger partial charge in [0.15, 0.2) is 34.5 Å². The van der Waals surface area contributed by atoms with Gasteiger partial charge in [-0.25, -0.2) is 0 Å². The average molecular weight is 489 g/mol. The third-order valence-electron chi connectivity index (χ3n) is 5.25. The molecule has 0 bridgehead atoms. The zero-order valence-corrected chi connectivity index (χ0v) is 21.4. The predicted molar refractivity (Wildman–Crippen MR) is 137 cm³/mol. The molecule has 3 aromatic carbocycles. The van der Waals surface area contributed by atoms with Crippen molar-refractivity contribution in [3.63, 3.8) is 0 Å². The van der Waals surface area contributed by atoms with Crippen molar-refractivity contribution in [1.82, 2.24) is 0 Å². The lowest BCUT2D eigenvalue weighted by Gasteiger charge is -2.12. The quantitative estimate of drug-likeness (QED) is 0.452. The van der Waals surface area contributed by atoms with Crippen LogP contribution in [0.15, 0.2) is 42.5 Å². The van der Waals surface area contributed by atoms with Crippen LogP contribution in [0.5, 0.6) is 40.2 Å². The van der Waals surface area contributed by atoms with E-state index in [0.29, 0.717) is 56.9 Å². The van der Waals surface area contributed by atoms with Crippen LogP contribution in [-0.4, -0.2) is 49.8 Å². The molecule has 0 atom stereocenters. The molecule has 0 radical (unpaired) electrons. The van der Waals surface area contributed by atoms with Gasteiger partial charge in [-0.3, -0.25) is 0 Å². The third-order valence-corrected chi connectivity index (χ3v) is 5.25. The Morgan fingerprint density at radius 2 is 0.806 bits per heavy atom. The van der Waals surface area contributed by atoms with Gasteiger partial charge in [-0.05, 0) is 30.3 Å². The van der Waals surface area contributed by atoms with E-state index in [1.807, 2.05) is 18.2 Å². The van der Waals surface area contributed by atoms with Crippen LogP contribution >= 0.6 is 0 Å². The summed E-state index contributed by atoms with van der Waals surface area (Å²) < 4.78 is 37.9. The van der Waals surface area contributed by atoms with Gasteiger partial charge >= 0.3 is 0 Å². The van der Waals surface area contributed by atoms with E-state index in [9.17, 15) is 0 Å². The fourth-order valence-electron chi connectivity index (χ4n) is 3.43. The summed E-state index contributed by atoms with van der Waals surface area (Å²) in [5, 5.41) is 0. The summed E-state index contributed by atoms with van der Waals surface area (Å²) in [6.07, 6.45) is 0. The summed E-state index contributed by atoms with van der Waals surface area (Å²) >= 11 is 0. The van der Waals surface area contributed by atoms with Gasteiger partial charge in [0.05, 0.1) is 49.8 Å². The monoisotopic (exact) mass is 488 g/mol. The van der Waals surface area contributed by atoms with E-state index in [4.69, 9.17) is 33.2 Å². The molecule has 0 aliphatic rings. The second-order valence-electron chi connectivity index (χ2n) is 7.24. The van der Waals surface area contributed by atoms with Gasteiger partial charge in [-0.15, -0.1) is 0 Å². The highest BCUT2D eigenvalue weighted by atomic mass is 16.5. The van der Waals surface area contributed by atoms with E-state index in [2.05, 4.69) is 23.7 Å². The molecule has 3 rings (SSSR count). The highest BCUT2D eigenvalue weighted by Gasteiger charge is 2.13. The van der Waals surface area contributed by atoms with Crippen molar-refractivity contribution in [2.24, 2.45) is 0 Å². The Kier molecular flexibility index (Phi) is 8.80. The molecular weight excluding hydrogens is 460 g/mol. The largest absolute Gasteiger partial charge is 0.493 e. The molecule has 0 N–H and O–H groups in total. The van der Waals surface area contributed by atoms with E-state index in [0.717, 1.165) is 5.56 Å². The molecule has 3 aromatic rings. The van der Waals surface area contributed by atoms with Gasteiger partial charge in [-0.2, -0.15) is 0 Å². The first-order valence-corrected chi connectivity index (χ1v) is 10.8. The zero-order chi connectivity index (χ0) is 26.1. The second kappa shape index (κ2) is 12.2. The molecule has 7 heteroatoms. The summed E-state index contributed by atoms with van der Waals surface area (Å²) in [5.41, 5.74) is 2.76. The van der Waals surface area contributed by atoms with Crippen LogP contribution in [0.3, 0.4) is 0 Å². The van der Waals surface area contributed by atoms with Gasteiger partial charge in [0.25, 0.3) is 0 Å². The number of hydrogen-bond acceptors (Lipinski definition) is 7. The van der Waals surface area contributed by atoms with Crippen molar-refractivity contribution in [1.29, 1.82) is 0 Å². The molecule has 0 fully saturated rings. The molecule has 0 heterocycles. The summed E-state index contributed by atoms with van der Waals surface area (Å²) in [5.74, 6) is 16.5. The maximum absolute atomic E-state index is 5.48. The lowest BCUT2D eigenvalue weighted by Crippen LogP contribution is -1.96. The molecule has 186 valence electrons. The van der Waals surface area contributed by atoms with Crippen molar-refractivity contribution < 1.29 is 33.2 Å². The SMILES string of the molecule is COc1ccc(C#Cc2cc(OC)c(OC)cc2C#Cc2cc(OC)c(OC)c(OC)c2)cc1OC. The molecule has 36 heavy (non-hydrogen) atoms. The first-order valence-electron chi connectivity index (χ1n) is 10.8. The van der Waals surface area contributed by atoms with Crippen molar-refractivity contribution in [2.45, 2.75) is 0 Å². The number of ether oxygens (including phenoxy) is 7. The highest BCUT2D eigenvalue weighted by molar-refractivity contribution is 5.63. The molecule has 0 amide bonds. The van der Waals surface area contributed by atoms with Crippen LogP contribution in [0.2, 0.25) is 0 Å². The van der Waals surface area contributed by atoms with Crippen LogP contribution in [-0.2, 0) is 0 Å². The molecule has 0 spiro atoms. The molecule has 0 aromatic heterocycles. The Morgan fingerprint density at radius 1 is 0.389 bits per heavy atom. The first kappa shape index (κ1) is 26.0. The smallest absolute Gasteiger partial charge is 0.203 e. The fourth-order valence-corrected chi connectivity index (χ4v) is 3.43. The Labute approximate surface area is 211 Å². The van der Waals surface area contributed by atoms with Crippen LogP contribution in [0, 0.1) is 23.7 Å². The van der Waals surface area contributed by atoms with Gasteiger partial charge in [0, 0.05) is 34.4 Å². The van der Waals surface area contributed by atoms with Crippen LogP contribution in [0.1, 0.15) is 22.3 Å². The summed E-state index contributed by atoms with van der Waals surface area (Å²) in [6.45, 7) is 0. The molecule has 0 saturated heterocycles. The van der Waals surface area contributed by atoms with Crippen LogP contribution < -0.4 is 33.2 Å². The van der Waals surface area contributed by atoms with E-state index in [-0.39, 0.29) is 0 Å². The maximum atomic E-state index is 5.48. The summed E-state index contributed by atoms with van der Waals surface area (Å²) in [6, 6.07) is 12.6. The number of benzene rings is 3. The minimum absolute atomic E-state index is 0.498. The zero-order valence-electron chi connectivity index (χ0n) is 21.4. The van der Waals surface area contributed by atoms with E-state index >= 15 is 0 Å². The molecular formula is C29H28O7. The lowest BCUT2D eigenvalue weighted by atomic mass is 10.0. The minimum Gasteiger partial charge on any atom is -0.493 e. The number of hydrogen-bond donors (Lipinski definition) is 0. The Balaban J connectivity index is 2.11. The minimum atomic E-state index is 0.498. The Morgan fingerprint density at radius 3 is 1.25 bits per heavy atom. The van der Waals surface area contributed by atoms with Crippen molar-refractivity contribution >= 4 is 0 Å². The van der Waals surface area contributed by atoms with Crippen molar-refractivity contribution in [3.05, 3.63) is 64.7 Å². The van der Waals surface area contributed by atoms with Crippen molar-refractivity contribution in [3.8, 4) is 63.9 Å². The molecule has 7 nitrogen and oxygen atoms in total. The maximum Gasteiger partial charge on any atom is 0.203 e. The number of methoxy groups -OCH3 is 7.